The number of nitrogens with zero attached hydrogens (tertiary/aromatic N) is 1. The summed E-state index contributed by atoms with van der Waals surface area (Å²) in [6.45, 7) is 9.56. The van der Waals surface area contributed by atoms with Crippen LogP contribution in [0.4, 0.5) is 0 Å². The molecule has 0 heterocycles. The Bertz CT molecular complexity index is 464. The molecule has 0 aliphatic heterocycles. The van der Waals surface area contributed by atoms with Crippen molar-refractivity contribution in [2.45, 2.75) is 52.2 Å². The molecule has 0 saturated carbocycles. The highest BCUT2D eigenvalue weighted by atomic mass is 32.2. The minimum absolute atomic E-state index is 0.309. The van der Waals surface area contributed by atoms with Crippen molar-refractivity contribution in [1.29, 1.82) is 0 Å². The second-order valence-corrected chi connectivity index (χ2v) is 7.71. The van der Waals surface area contributed by atoms with Crippen molar-refractivity contribution in [3.8, 4) is 5.75 Å². The molecule has 0 spiro atoms. The Kier molecular flexibility index (Phi) is 5.44. The molecule has 0 aliphatic carbocycles. The van der Waals surface area contributed by atoms with Crippen LogP contribution in [0, 0.1) is 6.92 Å². The number of rotatable bonds is 4. The third-order valence-corrected chi connectivity index (χ3v) is 4.32. The molecular weight excluding hydrogens is 258 g/mol. The van der Waals surface area contributed by atoms with Crippen LogP contribution in [0.5, 0.6) is 5.75 Å². The van der Waals surface area contributed by atoms with Crippen LogP contribution in [0.2, 0.25) is 0 Å². The van der Waals surface area contributed by atoms with E-state index in [0.717, 1.165) is 29.7 Å². The van der Waals surface area contributed by atoms with Crippen LogP contribution in [0.15, 0.2) is 22.6 Å². The van der Waals surface area contributed by atoms with Gasteiger partial charge in [0.1, 0.15) is 21.9 Å². The normalized spacial score (nSPS) is 14.5. The van der Waals surface area contributed by atoms with Gasteiger partial charge in [-0.3, -0.25) is 0 Å². The lowest BCUT2D eigenvalue weighted by Gasteiger charge is -2.18. The second-order valence-electron chi connectivity index (χ2n) is 5.81. The van der Waals surface area contributed by atoms with Crippen molar-refractivity contribution >= 4 is 17.1 Å². The molecule has 0 bridgehead atoms. The summed E-state index contributed by atoms with van der Waals surface area (Å²) in [5.74, 6) is 0.322. The maximum atomic E-state index is 11.9. The molecule has 0 fully saturated rings. The highest BCUT2D eigenvalue weighted by Gasteiger charge is 2.26. The van der Waals surface area contributed by atoms with Crippen molar-refractivity contribution in [2.75, 3.05) is 0 Å². The maximum absolute atomic E-state index is 11.9. The van der Waals surface area contributed by atoms with Gasteiger partial charge >= 0.3 is 0 Å². The highest BCUT2D eigenvalue weighted by molar-refractivity contribution is 7.91. The molecule has 0 unspecified atom stereocenters. The maximum Gasteiger partial charge on any atom is 0.144 e. The lowest BCUT2D eigenvalue weighted by molar-refractivity contribution is 0.471. The predicted octanol–water partition coefficient (Wildman–Crippen LogP) is 3.56. The Hall–Kier alpha value is -1.00. The van der Waals surface area contributed by atoms with Crippen molar-refractivity contribution in [2.24, 2.45) is 4.40 Å². The van der Waals surface area contributed by atoms with E-state index in [0.29, 0.717) is 5.75 Å². The van der Waals surface area contributed by atoms with E-state index in [4.69, 9.17) is 0 Å². The first-order valence-electron chi connectivity index (χ1n) is 6.45. The SMILES string of the molecule is C/C(CCc1ccc(O)c(C)c1)=N\[S@+]([O-])C(C)(C)C. The molecule has 4 heteroatoms. The van der Waals surface area contributed by atoms with Gasteiger partial charge in [0.25, 0.3) is 0 Å². The standard InChI is InChI=1S/C15H23NO2S/c1-11-10-13(8-9-14(11)17)7-6-12(2)16-19(18)15(3,4)5/h8-10,17H,6-7H2,1-5H3/b16-12+/t19-/m1/s1. The molecular formula is C15H23NO2S. The minimum atomic E-state index is -1.19. The molecule has 1 aromatic rings. The summed E-state index contributed by atoms with van der Waals surface area (Å²) in [6, 6.07) is 5.60. The fourth-order valence-electron chi connectivity index (χ4n) is 1.52. The van der Waals surface area contributed by atoms with Crippen LogP contribution in [0.1, 0.15) is 45.2 Å². The molecule has 0 radical (unpaired) electrons. The third kappa shape index (κ3) is 5.25. The molecule has 19 heavy (non-hydrogen) atoms. The first-order valence-corrected chi connectivity index (χ1v) is 7.55. The lowest BCUT2D eigenvalue weighted by Crippen LogP contribution is -2.26. The average Bonchev–Trinajstić information content (AvgIpc) is 2.29. The van der Waals surface area contributed by atoms with E-state index in [9.17, 15) is 9.66 Å². The van der Waals surface area contributed by atoms with Crippen molar-refractivity contribution in [3.63, 3.8) is 0 Å². The molecule has 1 rings (SSSR count). The van der Waals surface area contributed by atoms with Gasteiger partial charge in [-0.05, 0) is 64.7 Å². The van der Waals surface area contributed by atoms with Gasteiger partial charge in [0.05, 0.1) is 5.71 Å². The van der Waals surface area contributed by atoms with E-state index >= 15 is 0 Å². The summed E-state index contributed by atoms with van der Waals surface area (Å²) in [5.41, 5.74) is 2.94. The Balaban J connectivity index is 2.61. The van der Waals surface area contributed by atoms with E-state index in [2.05, 4.69) is 4.40 Å². The zero-order chi connectivity index (χ0) is 14.6. The fourth-order valence-corrected chi connectivity index (χ4v) is 2.17. The fraction of sp³-hybridized carbons (Fsp3) is 0.533. The summed E-state index contributed by atoms with van der Waals surface area (Å²) in [5, 5.41) is 9.47. The first kappa shape index (κ1) is 16.1. The highest BCUT2D eigenvalue weighted by Crippen LogP contribution is 2.19. The van der Waals surface area contributed by atoms with Gasteiger partial charge in [0.2, 0.25) is 0 Å². The Morgan fingerprint density at radius 1 is 1.37 bits per heavy atom. The van der Waals surface area contributed by atoms with Gasteiger partial charge in [-0.25, -0.2) is 0 Å². The summed E-state index contributed by atoms with van der Waals surface area (Å²) < 4.78 is 15.8. The van der Waals surface area contributed by atoms with Gasteiger partial charge < -0.3 is 9.66 Å². The van der Waals surface area contributed by atoms with Crippen LogP contribution >= 0.6 is 0 Å². The number of hydrogen-bond donors (Lipinski definition) is 1. The van der Waals surface area contributed by atoms with Crippen LogP contribution in [-0.4, -0.2) is 20.1 Å². The molecule has 1 atom stereocenters. The Morgan fingerprint density at radius 3 is 2.53 bits per heavy atom. The second kappa shape index (κ2) is 6.44. The molecule has 0 saturated heterocycles. The summed E-state index contributed by atoms with van der Waals surface area (Å²) in [7, 11) is 0. The zero-order valence-corrected chi connectivity index (χ0v) is 13.2. The topological polar surface area (TPSA) is 55.7 Å². The molecule has 3 nitrogen and oxygen atoms in total. The first-order chi connectivity index (χ1) is 8.70. The van der Waals surface area contributed by atoms with Gasteiger partial charge in [-0.2, -0.15) is 0 Å². The van der Waals surface area contributed by atoms with Crippen LogP contribution < -0.4 is 0 Å². The average molecular weight is 281 g/mol. The minimum Gasteiger partial charge on any atom is -0.591 e. The van der Waals surface area contributed by atoms with Crippen LogP contribution in [0.25, 0.3) is 0 Å². The number of hydrogen-bond acceptors (Lipinski definition) is 3. The Morgan fingerprint density at radius 2 is 2.00 bits per heavy atom. The quantitative estimate of drug-likeness (QED) is 0.677. The van der Waals surface area contributed by atoms with Gasteiger partial charge in [0, 0.05) is 0 Å². The number of aryl methyl sites for hydroxylation is 2. The number of aromatic hydroxyl groups is 1. The monoisotopic (exact) mass is 281 g/mol. The van der Waals surface area contributed by atoms with Gasteiger partial charge in [-0.1, -0.05) is 16.5 Å². The van der Waals surface area contributed by atoms with E-state index in [1.807, 2.05) is 46.8 Å². The zero-order valence-electron chi connectivity index (χ0n) is 12.4. The van der Waals surface area contributed by atoms with Crippen molar-refractivity contribution in [3.05, 3.63) is 29.3 Å². The summed E-state index contributed by atoms with van der Waals surface area (Å²) in [4.78, 5) is 0. The third-order valence-electron chi connectivity index (χ3n) is 2.80. The smallest absolute Gasteiger partial charge is 0.144 e. The summed E-state index contributed by atoms with van der Waals surface area (Å²) >= 11 is -1.19. The van der Waals surface area contributed by atoms with Gasteiger partial charge in [-0.15, -0.1) is 0 Å². The predicted molar refractivity (Wildman–Crippen MR) is 82.2 cm³/mol. The number of benzene rings is 1. The van der Waals surface area contributed by atoms with Crippen molar-refractivity contribution in [1.82, 2.24) is 0 Å². The largest absolute Gasteiger partial charge is 0.591 e. The molecule has 1 aromatic carbocycles. The molecule has 0 aromatic heterocycles. The number of phenolic OH excluding ortho intramolecular Hbond substituents is 1. The van der Waals surface area contributed by atoms with E-state index in [1.54, 1.807) is 6.07 Å². The van der Waals surface area contributed by atoms with E-state index in [1.165, 1.54) is 0 Å². The van der Waals surface area contributed by atoms with Gasteiger partial charge in [0.15, 0.2) is 0 Å². The van der Waals surface area contributed by atoms with E-state index < -0.39 is 11.4 Å². The van der Waals surface area contributed by atoms with Crippen molar-refractivity contribution < 1.29 is 9.66 Å². The van der Waals surface area contributed by atoms with Crippen LogP contribution in [-0.2, 0) is 17.8 Å². The Labute approximate surface area is 119 Å². The lowest BCUT2D eigenvalue weighted by atomic mass is 10.1. The molecule has 0 aliphatic rings. The van der Waals surface area contributed by atoms with Crippen LogP contribution in [0.3, 0.4) is 0 Å². The molecule has 106 valence electrons. The number of phenols is 1. The molecule has 1 N–H and O–H groups in total. The summed E-state index contributed by atoms with van der Waals surface area (Å²) in [6.07, 6.45) is 1.63. The molecule has 0 amide bonds. The van der Waals surface area contributed by atoms with E-state index in [-0.39, 0.29) is 4.75 Å².